The summed E-state index contributed by atoms with van der Waals surface area (Å²) in [5.41, 5.74) is 14.2. The van der Waals surface area contributed by atoms with E-state index >= 15 is 0 Å². The first kappa shape index (κ1) is 30.5. The maximum atomic E-state index is 13.3. The summed E-state index contributed by atoms with van der Waals surface area (Å²) in [6.07, 6.45) is -2.99. The van der Waals surface area contributed by atoms with Crippen molar-refractivity contribution in [3.8, 4) is 0 Å². The lowest BCUT2D eigenvalue weighted by Gasteiger charge is -2.23. The lowest BCUT2D eigenvalue weighted by Crippen LogP contribution is -2.27. The number of nitrogens with two attached hydrogens (primary N) is 2. The summed E-state index contributed by atoms with van der Waals surface area (Å²) < 4.78 is 39.9. The van der Waals surface area contributed by atoms with Crippen molar-refractivity contribution >= 4 is 23.0 Å². The predicted molar refractivity (Wildman–Crippen MR) is 156 cm³/mol. The molecule has 0 saturated heterocycles. The fourth-order valence-electron chi connectivity index (χ4n) is 3.92. The van der Waals surface area contributed by atoms with Crippen molar-refractivity contribution in [2.75, 3.05) is 22.9 Å². The summed E-state index contributed by atoms with van der Waals surface area (Å²) >= 11 is 0. The molecule has 0 bridgehead atoms. The van der Waals surface area contributed by atoms with Crippen molar-refractivity contribution in [3.05, 3.63) is 113 Å². The second-order valence-electron chi connectivity index (χ2n) is 9.71. The van der Waals surface area contributed by atoms with Gasteiger partial charge in [-0.3, -0.25) is 4.79 Å². The number of amides is 1. The monoisotopic (exact) mass is 551 g/mol. The molecule has 7 N–H and O–H groups in total. The topological polar surface area (TPSA) is 105 Å². The summed E-state index contributed by atoms with van der Waals surface area (Å²) in [6, 6.07) is 21.3. The number of hydrogen-bond donors (Lipinski definition) is 5. The van der Waals surface area contributed by atoms with Gasteiger partial charge in [-0.05, 0) is 71.6 Å². The molecule has 0 heterocycles. The zero-order valence-corrected chi connectivity index (χ0v) is 22.7. The minimum absolute atomic E-state index is 0.191. The largest absolute Gasteiger partial charge is 0.415 e. The van der Waals surface area contributed by atoms with Crippen molar-refractivity contribution in [2.45, 2.75) is 39.0 Å². The van der Waals surface area contributed by atoms with Crippen LogP contribution in [0.2, 0.25) is 0 Å². The van der Waals surface area contributed by atoms with Gasteiger partial charge < -0.3 is 27.4 Å². The molecular formula is C31H36F3N5O. The minimum Gasteiger partial charge on any atom is -0.399 e. The van der Waals surface area contributed by atoms with Gasteiger partial charge in [0.05, 0.1) is 11.6 Å². The number of carbonyl (C=O) groups is 1. The van der Waals surface area contributed by atoms with E-state index in [1.165, 1.54) is 0 Å². The van der Waals surface area contributed by atoms with Crippen LogP contribution in [-0.2, 0) is 11.3 Å². The van der Waals surface area contributed by atoms with Gasteiger partial charge in [0.15, 0.2) is 0 Å². The average Bonchev–Trinajstić information content (AvgIpc) is 2.93. The molecule has 0 spiro atoms. The molecule has 1 amide bonds. The van der Waals surface area contributed by atoms with Crippen LogP contribution in [0, 0.1) is 5.92 Å². The molecule has 9 heteroatoms. The minimum atomic E-state index is -4.69. The highest BCUT2D eigenvalue weighted by atomic mass is 19.4. The molecule has 0 aliphatic rings. The molecule has 0 aliphatic heterocycles. The molecule has 0 aliphatic carbocycles. The van der Waals surface area contributed by atoms with Gasteiger partial charge in [0.25, 0.3) is 5.91 Å². The van der Waals surface area contributed by atoms with Gasteiger partial charge in [-0.15, -0.1) is 0 Å². The Bertz CT molecular complexity index is 1340. The molecule has 2 atom stereocenters. The van der Waals surface area contributed by atoms with Gasteiger partial charge in [0.2, 0.25) is 0 Å². The number of allylic oxidation sites excluding steroid dienone is 2. The normalized spacial score (nSPS) is 13.4. The molecule has 40 heavy (non-hydrogen) atoms. The standard InChI is InChI=1S/C31H36F3N5O/c1-4-20(2)19-37-29(23-11-13-25(36)14-12-23)24-8-6-10-27(17-24)39-30(40)28(15-21(3)31(32,33)34)38-26-9-5-7-22(16-26)18-35/h5-17,20,29,37-38H,3-4,18-19,35-36H2,1-2H3,(H,39,40)/b28-15-. The van der Waals surface area contributed by atoms with E-state index in [1.807, 2.05) is 30.3 Å². The van der Waals surface area contributed by atoms with Crippen LogP contribution >= 0.6 is 0 Å². The number of anilines is 3. The lowest BCUT2D eigenvalue weighted by atomic mass is 9.97. The van der Waals surface area contributed by atoms with E-state index in [1.54, 1.807) is 42.5 Å². The number of rotatable bonds is 12. The van der Waals surface area contributed by atoms with Crippen LogP contribution in [0.25, 0.3) is 0 Å². The second-order valence-corrected chi connectivity index (χ2v) is 9.71. The van der Waals surface area contributed by atoms with Gasteiger partial charge in [-0.25, -0.2) is 0 Å². The molecule has 0 saturated carbocycles. The number of hydrogen-bond acceptors (Lipinski definition) is 5. The number of nitrogens with one attached hydrogen (secondary N) is 3. The molecule has 0 radical (unpaired) electrons. The number of alkyl halides is 3. The first-order valence-electron chi connectivity index (χ1n) is 13.0. The Hall–Kier alpha value is -4.08. The summed E-state index contributed by atoms with van der Waals surface area (Å²) in [4.78, 5) is 13.3. The predicted octanol–water partition coefficient (Wildman–Crippen LogP) is 6.51. The Morgan fingerprint density at radius 3 is 2.25 bits per heavy atom. The molecule has 3 rings (SSSR count). The molecule has 3 aromatic carbocycles. The van der Waals surface area contributed by atoms with Crippen LogP contribution in [0.15, 0.2) is 96.7 Å². The van der Waals surface area contributed by atoms with E-state index in [9.17, 15) is 18.0 Å². The molecule has 6 nitrogen and oxygen atoms in total. The Morgan fingerprint density at radius 1 is 0.975 bits per heavy atom. The van der Waals surface area contributed by atoms with E-state index < -0.39 is 17.7 Å². The van der Waals surface area contributed by atoms with Gasteiger partial charge in [-0.1, -0.05) is 63.2 Å². The van der Waals surface area contributed by atoms with Crippen LogP contribution < -0.4 is 27.4 Å². The highest BCUT2D eigenvalue weighted by molar-refractivity contribution is 6.06. The fourth-order valence-corrected chi connectivity index (χ4v) is 3.92. The third kappa shape index (κ3) is 8.72. The molecule has 0 aromatic heterocycles. The van der Waals surface area contributed by atoms with Crippen LogP contribution in [0.3, 0.4) is 0 Å². The smallest absolute Gasteiger partial charge is 0.399 e. The molecule has 212 valence electrons. The van der Waals surface area contributed by atoms with E-state index in [-0.39, 0.29) is 18.3 Å². The Morgan fingerprint density at radius 2 is 1.62 bits per heavy atom. The van der Waals surface area contributed by atoms with E-state index in [2.05, 4.69) is 36.4 Å². The van der Waals surface area contributed by atoms with Crippen molar-refractivity contribution in [1.29, 1.82) is 0 Å². The molecule has 0 fully saturated rings. The van der Waals surface area contributed by atoms with Crippen molar-refractivity contribution in [2.24, 2.45) is 11.7 Å². The number of nitrogen functional groups attached to an aromatic ring is 1. The summed E-state index contributed by atoms with van der Waals surface area (Å²) in [5.74, 6) is -0.310. The Labute approximate surface area is 233 Å². The molecule has 3 aromatic rings. The van der Waals surface area contributed by atoms with Gasteiger partial charge in [0.1, 0.15) is 5.70 Å². The highest BCUT2D eigenvalue weighted by Gasteiger charge is 2.31. The van der Waals surface area contributed by atoms with Crippen molar-refractivity contribution < 1.29 is 18.0 Å². The number of benzene rings is 3. The third-order valence-corrected chi connectivity index (χ3v) is 6.48. The summed E-state index contributed by atoms with van der Waals surface area (Å²) in [6.45, 7) is 8.37. The van der Waals surface area contributed by atoms with Crippen molar-refractivity contribution in [3.63, 3.8) is 0 Å². The van der Waals surface area contributed by atoms with Crippen LogP contribution in [-0.4, -0.2) is 18.6 Å². The zero-order valence-electron chi connectivity index (χ0n) is 22.7. The molecule has 2 unspecified atom stereocenters. The summed E-state index contributed by atoms with van der Waals surface area (Å²) in [5, 5.41) is 9.11. The maximum Gasteiger partial charge on any atom is 0.415 e. The fraction of sp³-hybridized carbons (Fsp3) is 0.258. The van der Waals surface area contributed by atoms with Crippen LogP contribution in [0.4, 0.5) is 30.2 Å². The van der Waals surface area contributed by atoms with Gasteiger partial charge in [-0.2, -0.15) is 13.2 Å². The van der Waals surface area contributed by atoms with E-state index in [0.29, 0.717) is 29.1 Å². The van der Waals surface area contributed by atoms with E-state index in [0.717, 1.165) is 29.7 Å². The number of carbonyl (C=O) groups excluding carboxylic acids is 1. The molecular weight excluding hydrogens is 515 g/mol. The van der Waals surface area contributed by atoms with Crippen LogP contribution in [0.5, 0.6) is 0 Å². The zero-order chi connectivity index (χ0) is 29.3. The third-order valence-electron chi connectivity index (χ3n) is 6.48. The van der Waals surface area contributed by atoms with Crippen LogP contribution in [0.1, 0.15) is 43.0 Å². The van der Waals surface area contributed by atoms with Crippen molar-refractivity contribution in [1.82, 2.24) is 5.32 Å². The maximum absolute atomic E-state index is 13.3. The first-order chi connectivity index (χ1) is 19.0. The average molecular weight is 552 g/mol. The lowest BCUT2D eigenvalue weighted by molar-refractivity contribution is -0.112. The van der Waals surface area contributed by atoms with Gasteiger partial charge >= 0.3 is 6.18 Å². The highest BCUT2D eigenvalue weighted by Crippen LogP contribution is 2.28. The first-order valence-corrected chi connectivity index (χ1v) is 13.0. The Kier molecular flexibility index (Phi) is 10.5. The quantitative estimate of drug-likeness (QED) is 0.100. The SMILES string of the molecule is C=C(/C=C(\Nc1cccc(CN)c1)C(=O)Nc1cccc(C(NCC(C)CC)c2ccc(N)cc2)c1)C(F)(F)F. The number of halogens is 3. The van der Waals surface area contributed by atoms with E-state index in [4.69, 9.17) is 11.5 Å². The summed E-state index contributed by atoms with van der Waals surface area (Å²) in [7, 11) is 0. The van der Waals surface area contributed by atoms with Gasteiger partial charge in [0, 0.05) is 23.6 Å². The Balaban J connectivity index is 1.91. The second kappa shape index (κ2) is 13.8.